The van der Waals surface area contributed by atoms with Crippen LogP contribution in [0.2, 0.25) is 0 Å². The first kappa shape index (κ1) is 15.8. The number of halogens is 3. The molecule has 1 fully saturated rings. The number of nitrogens with zero attached hydrogens (tertiary/aromatic N) is 1. The first-order valence-electron chi connectivity index (χ1n) is 6.65. The third kappa shape index (κ3) is 4.17. The van der Waals surface area contributed by atoms with Crippen molar-refractivity contribution in [2.75, 3.05) is 6.61 Å². The maximum Gasteiger partial charge on any atom is 0.433 e. The molecule has 7 heteroatoms. The Labute approximate surface area is 120 Å². The zero-order valence-corrected chi connectivity index (χ0v) is 11.8. The molecule has 1 aromatic rings. The van der Waals surface area contributed by atoms with E-state index in [1.165, 1.54) is 0 Å². The summed E-state index contributed by atoms with van der Waals surface area (Å²) < 4.78 is 42.8. The molecule has 0 bridgehead atoms. The van der Waals surface area contributed by atoms with E-state index in [1.807, 2.05) is 13.8 Å². The van der Waals surface area contributed by atoms with Crippen LogP contribution in [0, 0.1) is 0 Å². The molecule has 0 spiro atoms. The van der Waals surface area contributed by atoms with Crippen LogP contribution in [-0.4, -0.2) is 29.1 Å². The second-order valence-electron chi connectivity index (χ2n) is 5.70. The molecule has 116 valence electrons. The van der Waals surface area contributed by atoms with E-state index in [4.69, 9.17) is 4.74 Å². The molecule has 1 aliphatic heterocycles. The van der Waals surface area contributed by atoms with E-state index in [9.17, 15) is 18.0 Å². The van der Waals surface area contributed by atoms with Crippen LogP contribution in [0.1, 0.15) is 42.7 Å². The molecule has 2 heterocycles. The van der Waals surface area contributed by atoms with Crippen molar-refractivity contribution in [1.82, 2.24) is 10.3 Å². The summed E-state index contributed by atoms with van der Waals surface area (Å²) in [6.45, 7) is 4.42. The standard InChI is InChI=1S/C14H17F3N2O2/c1-13(2)7-10(5-6-21-13)19-12(20)9-3-4-11(18-8-9)14(15,16)17/h3-4,8,10H,5-7H2,1-2H3,(H,19,20). The van der Waals surface area contributed by atoms with Crippen molar-refractivity contribution in [2.45, 2.75) is 44.5 Å². The molecule has 1 N–H and O–H groups in total. The Hall–Kier alpha value is -1.63. The number of amides is 1. The second-order valence-corrected chi connectivity index (χ2v) is 5.70. The Balaban J connectivity index is 2.00. The van der Waals surface area contributed by atoms with Gasteiger partial charge in [0.2, 0.25) is 0 Å². The van der Waals surface area contributed by atoms with E-state index >= 15 is 0 Å². The van der Waals surface area contributed by atoms with Crippen LogP contribution in [0.15, 0.2) is 18.3 Å². The lowest BCUT2D eigenvalue weighted by Gasteiger charge is -2.35. The molecule has 1 unspecified atom stereocenters. The number of alkyl halides is 3. The summed E-state index contributed by atoms with van der Waals surface area (Å²) in [4.78, 5) is 15.3. The summed E-state index contributed by atoms with van der Waals surface area (Å²) >= 11 is 0. The average molecular weight is 302 g/mol. The van der Waals surface area contributed by atoms with Crippen molar-refractivity contribution in [2.24, 2.45) is 0 Å². The highest BCUT2D eigenvalue weighted by molar-refractivity contribution is 5.94. The van der Waals surface area contributed by atoms with E-state index in [0.29, 0.717) is 19.4 Å². The summed E-state index contributed by atoms with van der Waals surface area (Å²) in [5.74, 6) is -0.418. The number of carbonyl (C=O) groups excluding carboxylic acids is 1. The minimum Gasteiger partial charge on any atom is -0.375 e. The van der Waals surface area contributed by atoms with E-state index in [2.05, 4.69) is 10.3 Å². The predicted octanol–water partition coefficient (Wildman–Crippen LogP) is 2.79. The van der Waals surface area contributed by atoms with Gasteiger partial charge in [0.15, 0.2) is 0 Å². The fourth-order valence-electron chi connectivity index (χ4n) is 2.32. The molecular formula is C14H17F3N2O2. The highest BCUT2D eigenvalue weighted by Gasteiger charge is 2.33. The molecule has 0 radical (unpaired) electrons. The van der Waals surface area contributed by atoms with Crippen molar-refractivity contribution in [1.29, 1.82) is 0 Å². The Morgan fingerprint density at radius 3 is 2.67 bits per heavy atom. The zero-order valence-electron chi connectivity index (χ0n) is 11.8. The molecule has 1 atom stereocenters. The lowest BCUT2D eigenvalue weighted by molar-refractivity contribution is -0.141. The van der Waals surface area contributed by atoms with E-state index < -0.39 is 17.8 Å². The van der Waals surface area contributed by atoms with Crippen LogP contribution in [0.3, 0.4) is 0 Å². The SMILES string of the molecule is CC1(C)CC(NC(=O)c2ccc(C(F)(F)F)nc2)CCO1. The quantitative estimate of drug-likeness (QED) is 0.914. The van der Waals surface area contributed by atoms with Crippen LogP contribution in [0.5, 0.6) is 0 Å². The van der Waals surface area contributed by atoms with Gasteiger partial charge in [-0.3, -0.25) is 9.78 Å². The Kier molecular flexibility index (Phi) is 4.22. The van der Waals surface area contributed by atoms with Gasteiger partial charge in [-0.1, -0.05) is 0 Å². The third-order valence-corrected chi connectivity index (χ3v) is 3.35. The van der Waals surface area contributed by atoms with Crippen molar-refractivity contribution in [3.05, 3.63) is 29.6 Å². The normalized spacial score (nSPS) is 21.9. The van der Waals surface area contributed by atoms with Gasteiger partial charge in [0.25, 0.3) is 5.91 Å². The van der Waals surface area contributed by atoms with Gasteiger partial charge < -0.3 is 10.1 Å². The van der Waals surface area contributed by atoms with Crippen LogP contribution in [-0.2, 0) is 10.9 Å². The van der Waals surface area contributed by atoms with Crippen molar-refractivity contribution >= 4 is 5.91 Å². The third-order valence-electron chi connectivity index (χ3n) is 3.35. The molecular weight excluding hydrogens is 285 g/mol. The van der Waals surface area contributed by atoms with Gasteiger partial charge in [-0.2, -0.15) is 13.2 Å². The largest absolute Gasteiger partial charge is 0.433 e. The molecule has 1 amide bonds. The number of ether oxygens (including phenoxy) is 1. The average Bonchev–Trinajstić information content (AvgIpc) is 2.36. The van der Waals surface area contributed by atoms with Crippen molar-refractivity contribution < 1.29 is 22.7 Å². The molecule has 0 aliphatic carbocycles. The lowest BCUT2D eigenvalue weighted by Crippen LogP contribution is -2.45. The predicted molar refractivity (Wildman–Crippen MR) is 69.8 cm³/mol. The Bertz CT molecular complexity index is 512. The molecule has 0 saturated carbocycles. The second kappa shape index (κ2) is 5.63. The van der Waals surface area contributed by atoms with Gasteiger partial charge in [-0.25, -0.2) is 0 Å². The van der Waals surface area contributed by atoms with Crippen molar-refractivity contribution in [3.63, 3.8) is 0 Å². The van der Waals surface area contributed by atoms with Gasteiger partial charge in [0, 0.05) is 18.8 Å². The molecule has 21 heavy (non-hydrogen) atoms. The molecule has 4 nitrogen and oxygen atoms in total. The highest BCUT2D eigenvalue weighted by Crippen LogP contribution is 2.27. The maximum atomic E-state index is 12.4. The zero-order chi connectivity index (χ0) is 15.7. The van der Waals surface area contributed by atoms with Crippen LogP contribution in [0.4, 0.5) is 13.2 Å². The minimum absolute atomic E-state index is 0.0523. The summed E-state index contributed by atoms with van der Waals surface area (Å²) in [6, 6.07) is 1.89. The van der Waals surface area contributed by atoms with Crippen molar-refractivity contribution in [3.8, 4) is 0 Å². The first-order valence-corrected chi connectivity index (χ1v) is 6.65. The van der Waals surface area contributed by atoms with Crippen LogP contribution >= 0.6 is 0 Å². The molecule has 1 aromatic heterocycles. The number of nitrogens with one attached hydrogen (secondary N) is 1. The fraction of sp³-hybridized carbons (Fsp3) is 0.571. The van der Waals surface area contributed by atoms with Gasteiger partial charge in [-0.15, -0.1) is 0 Å². The van der Waals surface area contributed by atoms with Crippen LogP contribution in [0.25, 0.3) is 0 Å². The highest BCUT2D eigenvalue weighted by atomic mass is 19.4. The number of hydrogen-bond donors (Lipinski definition) is 1. The molecule has 1 aliphatic rings. The van der Waals surface area contributed by atoms with E-state index in [-0.39, 0.29) is 17.2 Å². The number of aromatic nitrogens is 1. The number of carbonyl (C=O) groups is 1. The van der Waals surface area contributed by atoms with Gasteiger partial charge >= 0.3 is 6.18 Å². The molecule has 0 aromatic carbocycles. The number of hydrogen-bond acceptors (Lipinski definition) is 3. The van der Waals surface area contributed by atoms with Gasteiger partial charge in [0.1, 0.15) is 5.69 Å². The van der Waals surface area contributed by atoms with Gasteiger partial charge in [0.05, 0.1) is 11.2 Å². The lowest BCUT2D eigenvalue weighted by atomic mass is 9.94. The van der Waals surface area contributed by atoms with Gasteiger partial charge in [-0.05, 0) is 38.8 Å². The summed E-state index contributed by atoms with van der Waals surface area (Å²) in [7, 11) is 0. The summed E-state index contributed by atoms with van der Waals surface area (Å²) in [6.07, 6.45) is -2.21. The van der Waals surface area contributed by atoms with Crippen LogP contribution < -0.4 is 5.32 Å². The number of pyridine rings is 1. The Morgan fingerprint density at radius 2 is 2.14 bits per heavy atom. The monoisotopic (exact) mass is 302 g/mol. The summed E-state index contributed by atoms with van der Waals surface area (Å²) in [5.41, 5.74) is -1.20. The minimum atomic E-state index is -4.50. The smallest absolute Gasteiger partial charge is 0.375 e. The topological polar surface area (TPSA) is 51.2 Å². The van der Waals surface area contributed by atoms with E-state index in [0.717, 1.165) is 18.3 Å². The first-order chi connectivity index (χ1) is 9.67. The Morgan fingerprint density at radius 1 is 1.43 bits per heavy atom. The molecule has 2 rings (SSSR count). The molecule has 1 saturated heterocycles. The fourth-order valence-corrected chi connectivity index (χ4v) is 2.32. The maximum absolute atomic E-state index is 12.4. The number of rotatable bonds is 2. The summed E-state index contributed by atoms with van der Waals surface area (Å²) in [5, 5.41) is 2.81. The van der Waals surface area contributed by atoms with E-state index in [1.54, 1.807) is 0 Å².